The van der Waals surface area contributed by atoms with Crippen molar-refractivity contribution in [2.75, 3.05) is 15.6 Å². The van der Waals surface area contributed by atoms with Gasteiger partial charge in [0.25, 0.3) is 0 Å². The van der Waals surface area contributed by atoms with Crippen molar-refractivity contribution < 1.29 is 22.7 Å². The fourth-order valence-corrected chi connectivity index (χ4v) is 5.78. The number of fused-ring (bicyclic) bond motifs is 2. The number of halogens is 3. The third-order valence-corrected chi connectivity index (χ3v) is 7.69. The number of para-hydroxylation sites is 1. The standard InChI is InChI=1S/C29H23F3N6O2S/c1-18-4-3-5-19(2)27(18)38-25(39)15-41-28(38)35-34-17-36-13-12-23-20(14-36)6-11-24-26(23)33-16-37(24)21-7-9-22(10-8-21)40-29(30,31)32/h3-14,16-17,24H,15H2,1-2H3/b34-17+,35-28-. The smallest absolute Gasteiger partial charge is 0.406 e. The molecule has 1 saturated heterocycles. The summed E-state index contributed by atoms with van der Waals surface area (Å²) in [4.78, 5) is 22.5. The third-order valence-electron chi connectivity index (χ3n) is 6.77. The second-order valence-corrected chi connectivity index (χ2v) is 10.5. The van der Waals surface area contributed by atoms with Crippen LogP contribution in [0.5, 0.6) is 5.75 Å². The van der Waals surface area contributed by atoms with E-state index in [-0.39, 0.29) is 17.7 Å². The summed E-state index contributed by atoms with van der Waals surface area (Å²) in [5, 5.41) is 9.13. The van der Waals surface area contributed by atoms with Gasteiger partial charge in [-0.1, -0.05) is 42.1 Å². The third kappa shape index (κ3) is 5.30. The highest BCUT2D eigenvalue weighted by atomic mass is 32.2. The molecule has 0 N–H and O–H groups in total. The molecule has 2 aromatic rings. The quantitative estimate of drug-likeness (QED) is 0.247. The average Bonchev–Trinajstić information content (AvgIpc) is 3.52. The molecular formula is C29H23F3N6O2S. The lowest BCUT2D eigenvalue weighted by molar-refractivity contribution is -0.274. The van der Waals surface area contributed by atoms with Crippen LogP contribution >= 0.6 is 11.8 Å². The van der Waals surface area contributed by atoms with Gasteiger partial charge < -0.3 is 14.5 Å². The molecule has 8 nitrogen and oxygen atoms in total. The number of anilines is 2. The maximum atomic E-state index is 12.6. The van der Waals surface area contributed by atoms with Crippen LogP contribution < -0.4 is 14.5 Å². The number of alkyl halides is 3. The number of nitrogens with zero attached hydrogens (tertiary/aromatic N) is 6. The van der Waals surface area contributed by atoms with Crippen molar-refractivity contribution in [2.45, 2.75) is 26.3 Å². The van der Waals surface area contributed by atoms with Crippen molar-refractivity contribution in [2.24, 2.45) is 15.2 Å². The number of ether oxygens (including phenoxy) is 1. The summed E-state index contributed by atoms with van der Waals surface area (Å²) in [5.74, 6) is -0.00308. The predicted octanol–water partition coefficient (Wildman–Crippen LogP) is 6.04. The fraction of sp³-hybridized carbons (Fsp3) is 0.172. The molecule has 1 fully saturated rings. The summed E-state index contributed by atoms with van der Waals surface area (Å²) in [6, 6.07) is 11.4. The van der Waals surface area contributed by atoms with Crippen molar-refractivity contribution in [1.29, 1.82) is 0 Å². The van der Waals surface area contributed by atoms with Gasteiger partial charge in [0.1, 0.15) is 12.1 Å². The van der Waals surface area contributed by atoms with Crippen molar-refractivity contribution >= 4 is 46.9 Å². The summed E-state index contributed by atoms with van der Waals surface area (Å²) in [6.45, 7) is 3.94. The predicted molar refractivity (Wildman–Crippen MR) is 155 cm³/mol. The van der Waals surface area contributed by atoms with E-state index in [9.17, 15) is 18.0 Å². The Kier molecular flexibility index (Phi) is 6.78. The van der Waals surface area contributed by atoms with Crippen LogP contribution in [-0.4, -0.2) is 46.8 Å². The number of carbonyl (C=O) groups excluding carboxylic acids is 1. The first-order valence-electron chi connectivity index (χ1n) is 12.6. The number of amides is 1. The summed E-state index contributed by atoms with van der Waals surface area (Å²) in [7, 11) is 0. The van der Waals surface area contributed by atoms with Crippen LogP contribution in [0.1, 0.15) is 11.1 Å². The van der Waals surface area contributed by atoms with Gasteiger partial charge in [0.15, 0.2) is 5.17 Å². The van der Waals surface area contributed by atoms with Crippen molar-refractivity contribution in [3.8, 4) is 5.75 Å². The van der Waals surface area contributed by atoms with E-state index in [2.05, 4.69) is 19.9 Å². The normalized spacial score (nSPS) is 21.0. The molecule has 1 aliphatic carbocycles. The first kappa shape index (κ1) is 26.6. The van der Waals surface area contributed by atoms with E-state index in [0.29, 0.717) is 16.6 Å². The summed E-state index contributed by atoms with van der Waals surface area (Å²) < 4.78 is 41.5. The van der Waals surface area contributed by atoms with E-state index in [4.69, 9.17) is 0 Å². The van der Waals surface area contributed by atoms with E-state index in [1.54, 1.807) is 34.6 Å². The number of benzene rings is 2. The zero-order valence-electron chi connectivity index (χ0n) is 21.9. The molecule has 3 aliphatic heterocycles. The zero-order chi connectivity index (χ0) is 28.7. The number of rotatable bonds is 5. The van der Waals surface area contributed by atoms with Gasteiger partial charge in [0, 0.05) is 29.2 Å². The largest absolute Gasteiger partial charge is 0.573 e. The molecule has 0 saturated carbocycles. The number of aliphatic imine (C=N–C) groups is 1. The monoisotopic (exact) mass is 576 g/mol. The molecule has 2 aromatic carbocycles. The highest BCUT2D eigenvalue weighted by molar-refractivity contribution is 8.15. The van der Waals surface area contributed by atoms with Gasteiger partial charge in [-0.25, -0.2) is 4.99 Å². The molecule has 0 radical (unpaired) electrons. The minimum atomic E-state index is -4.74. The SMILES string of the molecule is Cc1cccc(C)c1N1C(=O)CS/C1=N\N=C\N1C=CC2=C3N=CN(c4ccc(OC(F)(F)F)cc4)C3C=CC2=C1. The van der Waals surface area contributed by atoms with E-state index in [1.807, 2.05) is 67.6 Å². The molecule has 0 spiro atoms. The van der Waals surface area contributed by atoms with Crippen molar-refractivity contribution in [1.82, 2.24) is 4.90 Å². The van der Waals surface area contributed by atoms with Gasteiger partial charge in [-0.15, -0.1) is 23.4 Å². The molecule has 208 valence electrons. The Labute approximate surface area is 238 Å². The lowest BCUT2D eigenvalue weighted by atomic mass is 9.93. The van der Waals surface area contributed by atoms with Crippen LogP contribution in [0.4, 0.5) is 24.5 Å². The lowest BCUT2D eigenvalue weighted by Gasteiger charge is -2.28. The topological polar surface area (TPSA) is 73.1 Å². The highest BCUT2D eigenvalue weighted by Crippen LogP contribution is 2.37. The maximum absolute atomic E-state index is 12.6. The molecule has 1 atom stereocenters. The number of thioether (sulfide) groups is 1. The Morgan fingerprint density at radius 1 is 1.10 bits per heavy atom. The second kappa shape index (κ2) is 10.4. The molecule has 4 aliphatic rings. The van der Waals surface area contributed by atoms with Gasteiger partial charge in [0.05, 0.1) is 29.5 Å². The Morgan fingerprint density at radius 3 is 2.59 bits per heavy atom. The average molecular weight is 577 g/mol. The van der Waals surface area contributed by atoms with E-state index < -0.39 is 6.36 Å². The van der Waals surface area contributed by atoms with Gasteiger partial charge in [-0.3, -0.25) is 9.69 Å². The number of amidine groups is 1. The first-order valence-corrected chi connectivity index (χ1v) is 13.6. The molecule has 6 rings (SSSR count). The molecule has 12 heteroatoms. The van der Waals surface area contributed by atoms with Crippen molar-refractivity contribution in [3.63, 3.8) is 0 Å². The lowest BCUT2D eigenvalue weighted by Crippen LogP contribution is -2.31. The van der Waals surface area contributed by atoms with Crippen LogP contribution in [0.25, 0.3) is 0 Å². The van der Waals surface area contributed by atoms with E-state index >= 15 is 0 Å². The Morgan fingerprint density at radius 2 is 1.85 bits per heavy atom. The molecule has 3 heterocycles. The Balaban J connectivity index is 1.16. The Hall–Kier alpha value is -4.58. The van der Waals surface area contributed by atoms with Gasteiger partial charge in [-0.05, 0) is 55.3 Å². The van der Waals surface area contributed by atoms with Gasteiger partial charge in [0.2, 0.25) is 5.91 Å². The fourth-order valence-electron chi connectivity index (χ4n) is 4.98. The summed E-state index contributed by atoms with van der Waals surface area (Å²) >= 11 is 1.35. The van der Waals surface area contributed by atoms with Crippen LogP contribution in [0.15, 0.2) is 105 Å². The molecule has 0 aromatic heterocycles. The molecule has 1 amide bonds. The molecule has 1 unspecified atom stereocenters. The minimum Gasteiger partial charge on any atom is -0.406 e. The van der Waals surface area contributed by atoms with Crippen LogP contribution in [0.3, 0.4) is 0 Å². The number of carbonyl (C=O) groups is 1. The van der Waals surface area contributed by atoms with Gasteiger partial charge in [-0.2, -0.15) is 0 Å². The first-order chi connectivity index (χ1) is 19.7. The maximum Gasteiger partial charge on any atom is 0.573 e. The van der Waals surface area contributed by atoms with E-state index in [1.165, 1.54) is 23.9 Å². The van der Waals surface area contributed by atoms with Crippen LogP contribution in [0, 0.1) is 13.8 Å². The molecule has 41 heavy (non-hydrogen) atoms. The summed E-state index contributed by atoms with van der Waals surface area (Å²) in [6.07, 6.45) is 8.11. The summed E-state index contributed by atoms with van der Waals surface area (Å²) in [5.41, 5.74) is 6.19. The van der Waals surface area contributed by atoms with Crippen LogP contribution in [0.2, 0.25) is 0 Å². The zero-order valence-corrected chi connectivity index (χ0v) is 22.7. The van der Waals surface area contributed by atoms with Crippen molar-refractivity contribution in [3.05, 3.63) is 101 Å². The minimum absolute atomic E-state index is 0.0313. The number of hydrogen-bond acceptors (Lipinski definition) is 7. The highest BCUT2D eigenvalue weighted by Gasteiger charge is 2.34. The molecular weight excluding hydrogens is 553 g/mol. The van der Waals surface area contributed by atoms with Gasteiger partial charge >= 0.3 is 6.36 Å². The second-order valence-electron chi connectivity index (χ2n) is 9.52. The number of hydrogen-bond donors (Lipinski definition) is 0. The number of allylic oxidation sites excluding steroid dienone is 4. The Bertz CT molecular complexity index is 1600. The van der Waals surface area contributed by atoms with E-state index in [0.717, 1.165) is 33.7 Å². The number of aryl methyl sites for hydroxylation is 2. The van der Waals surface area contributed by atoms with Crippen LogP contribution in [-0.2, 0) is 4.79 Å². The molecule has 0 bridgehead atoms.